The molecule has 21 heavy (non-hydrogen) atoms. The SMILES string of the molecule is O[C@H]1Cc2ccccc2[C@H]1Nc1ccnc2ccncc12. The standard InChI is InChI=1S/C17H15N3O/c21-16-9-11-3-1-2-4-12(11)17(16)20-15-6-8-19-14-5-7-18-10-13(14)15/h1-8,10,16-17,21H,9H2,(H,19,20)/t16-,17+/m0/s1. The number of anilines is 1. The molecule has 1 aromatic carbocycles. The van der Waals surface area contributed by atoms with Crippen LogP contribution in [0.3, 0.4) is 0 Å². The minimum absolute atomic E-state index is 0.0907. The van der Waals surface area contributed by atoms with Gasteiger partial charge >= 0.3 is 0 Å². The fraction of sp³-hybridized carbons (Fsp3) is 0.176. The summed E-state index contributed by atoms with van der Waals surface area (Å²) in [6, 6.07) is 11.9. The highest BCUT2D eigenvalue weighted by Gasteiger charge is 2.30. The predicted molar refractivity (Wildman–Crippen MR) is 82.1 cm³/mol. The Kier molecular flexibility index (Phi) is 2.82. The zero-order valence-corrected chi connectivity index (χ0v) is 11.4. The summed E-state index contributed by atoms with van der Waals surface area (Å²) in [5.74, 6) is 0. The highest BCUT2D eigenvalue weighted by Crippen LogP contribution is 2.35. The molecule has 0 saturated heterocycles. The molecule has 2 N–H and O–H groups in total. The summed E-state index contributed by atoms with van der Waals surface area (Å²) in [5, 5.41) is 14.8. The molecule has 3 aromatic rings. The average molecular weight is 277 g/mol. The maximum Gasteiger partial charge on any atom is 0.0823 e. The van der Waals surface area contributed by atoms with Gasteiger partial charge in [-0.25, -0.2) is 0 Å². The van der Waals surface area contributed by atoms with Crippen molar-refractivity contribution < 1.29 is 5.11 Å². The van der Waals surface area contributed by atoms with E-state index in [-0.39, 0.29) is 6.04 Å². The Morgan fingerprint density at radius 3 is 2.95 bits per heavy atom. The second-order valence-electron chi connectivity index (χ2n) is 5.34. The van der Waals surface area contributed by atoms with E-state index in [9.17, 15) is 5.11 Å². The van der Waals surface area contributed by atoms with Gasteiger partial charge in [-0.05, 0) is 23.3 Å². The van der Waals surface area contributed by atoms with Crippen molar-refractivity contribution in [2.75, 3.05) is 5.32 Å². The molecule has 0 fully saturated rings. The normalized spacial score (nSPS) is 20.4. The Balaban J connectivity index is 1.75. The van der Waals surface area contributed by atoms with Crippen LogP contribution in [-0.4, -0.2) is 21.2 Å². The smallest absolute Gasteiger partial charge is 0.0823 e. The molecule has 0 aliphatic heterocycles. The third-order valence-corrected chi connectivity index (χ3v) is 4.06. The van der Waals surface area contributed by atoms with E-state index in [1.807, 2.05) is 24.3 Å². The topological polar surface area (TPSA) is 58.0 Å². The fourth-order valence-corrected chi connectivity index (χ4v) is 3.03. The molecule has 104 valence electrons. The number of nitrogens with one attached hydrogen (secondary N) is 1. The molecule has 4 rings (SSSR count). The summed E-state index contributed by atoms with van der Waals surface area (Å²) in [6.07, 6.45) is 5.59. The van der Waals surface area contributed by atoms with Gasteiger partial charge in [0.2, 0.25) is 0 Å². The predicted octanol–water partition coefficient (Wildman–Crippen LogP) is 2.70. The van der Waals surface area contributed by atoms with Crippen LogP contribution in [0, 0.1) is 0 Å². The van der Waals surface area contributed by atoms with Crippen molar-refractivity contribution >= 4 is 16.6 Å². The molecule has 0 spiro atoms. The fourth-order valence-electron chi connectivity index (χ4n) is 3.03. The number of rotatable bonds is 2. The van der Waals surface area contributed by atoms with Crippen molar-refractivity contribution in [2.45, 2.75) is 18.6 Å². The van der Waals surface area contributed by atoms with Crippen molar-refractivity contribution in [1.82, 2.24) is 9.97 Å². The van der Waals surface area contributed by atoms with E-state index in [4.69, 9.17) is 0 Å². The minimum atomic E-state index is -0.415. The molecule has 0 saturated carbocycles. The Morgan fingerprint density at radius 2 is 2.00 bits per heavy atom. The van der Waals surface area contributed by atoms with Crippen molar-refractivity contribution in [3.8, 4) is 0 Å². The van der Waals surface area contributed by atoms with Gasteiger partial charge < -0.3 is 10.4 Å². The van der Waals surface area contributed by atoms with E-state index < -0.39 is 6.10 Å². The summed E-state index contributed by atoms with van der Waals surface area (Å²) in [4.78, 5) is 8.51. The first-order valence-corrected chi connectivity index (χ1v) is 7.04. The van der Waals surface area contributed by atoms with Crippen LogP contribution in [0.5, 0.6) is 0 Å². The molecule has 4 heteroatoms. The molecule has 0 bridgehead atoms. The van der Waals surface area contributed by atoms with Crippen molar-refractivity contribution in [3.63, 3.8) is 0 Å². The van der Waals surface area contributed by atoms with Gasteiger partial charge in [0, 0.05) is 36.1 Å². The van der Waals surface area contributed by atoms with E-state index in [1.165, 1.54) is 11.1 Å². The molecule has 0 amide bonds. The molecule has 1 aliphatic rings. The molecule has 2 atom stereocenters. The largest absolute Gasteiger partial charge is 0.390 e. The van der Waals surface area contributed by atoms with Crippen LogP contribution in [0.25, 0.3) is 10.9 Å². The number of hydrogen-bond acceptors (Lipinski definition) is 4. The van der Waals surface area contributed by atoms with Gasteiger partial charge in [-0.3, -0.25) is 9.97 Å². The third kappa shape index (κ3) is 2.04. The van der Waals surface area contributed by atoms with Crippen LogP contribution >= 0.6 is 0 Å². The summed E-state index contributed by atoms with van der Waals surface area (Å²) >= 11 is 0. The molecular formula is C17H15N3O. The van der Waals surface area contributed by atoms with Gasteiger partial charge in [0.1, 0.15) is 0 Å². The highest BCUT2D eigenvalue weighted by molar-refractivity contribution is 5.90. The van der Waals surface area contributed by atoms with E-state index in [1.54, 1.807) is 18.6 Å². The van der Waals surface area contributed by atoms with E-state index in [0.717, 1.165) is 16.6 Å². The first-order chi connectivity index (χ1) is 10.3. The molecule has 1 aliphatic carbocycles. The van der Waals surface area contributed by atoms with Crippen LogP contribution in [0.2, 0.25) is 0 Å². The highest BCUT2D eigenvalue weighted by atomic mass is 16.3. The Morgan fingerprint density at radius 1 is 1.10 bits per heavy atom. The van der Waals surface area contributed by atoms with Gasteiger partial charge in [-0.15, -0.1) is 0 Å². The quantitative estimate of drug-likeness (QED) is 0.756. The average Bonchev–Trinajstić information content (AvgIpc) is 2.84. The molecule has 0 radical (unpaired) electrons. The number of aliphatic hydroxyl groups excluding tert-OH is 1. The van der Waals surface area contributed by atoms with Crippen LogP contribution in [0.4, 0.5) is 5.69 Å². The molecule has 4 nitrogen and oxygen atoms in total. The lowest BCUT2D eigenvalue weighted by molar-refractivity contribution is 0.166. The number of pyridine rings is 2. The van der Waals surface area contributed by atoms with Gasteiger partial charge in [0.15, 0.2) is 0 Å². The molecule has 2 heterocycles. The number of fused-ring (bicyclic) bond motifs is 2. The zero-order chi connectivity index (χ0) is 14.2. The Labute approximate surface area is 122 Å². The summed E-state index contributed by atoms with van der Waals surface area (Å²) < 4.78 is 0. The van der Waals surface area contributed by atoms with Crippen molar-refractivity contribution in [2.24, 2.45) is 0 Å². The Hall–Kier alpha value is -2.46. The summed E-state index contributed by atoms with van der Waals surface area (Å²) in [6.45, 7) is 0. The maximum absolute atomic E-state index is 10.3. The number of hydrogen-bond donors (Lipinski definition) is 2. The lowest BCUT2D eigenvalue weighted by Gasteiger charge is -2.20. The van der Waals surface area contributed by atoms with Crippen molar-refractivity contribution in [1.29, 1.82) is 0 Å². The van der Waals surface area contributed by atoms with Crippen LogP contribution in [-0.2, 0) is 6.42 Å². The Bertz CT molecular complexity index is 797. The van der Waals surface area contributed by atoms with E-state index >= 15 is 0 Å². The summed E-state index contributed by atoms with van der Waals surface area (Å²) in [7, 11) is 0. The van der Waals surface area contributed by atoms with E-state index in [0.29, 0.717) is 6.42 Å². The zero-order valence-electron chi connectivity index (χ0n) is 11.4. The second-order valence-corrected chi connectivity index (χ2v) is 5.34. The van der Waals surface area contributed by atoms with Crippen LogP contribution in [0.15, 0.2) is 55.0 Å². The number of aromatic nitrogens is 2. The van der Waals surface area contributed by atoms with Crippen LogP contribution in [0.1, 0.15) is 17.2 Å². The first kappa shape index (κ1) is 12.3. The maximum atomic E-state index is 10.3. The molecule has 0 unspecified atom stereocenters. The van der Waals surface area contributed by atoms with Crippen LogP contribution < -0.4 is 5.32 Å². The third-order valence-electron chi connectivity index (χ3n) is 4.06. The van der Waals surface area contributed by atoms with Gasteiger partial charge in [-0.2, -0.15) is 0 Å². The van der Waals surface area contributed by atoms with E-state index in [2.05, 4.69) is 27.4 Å². The second kappa shape index (κ2) is 4.82. The molecule has 2 aromatic heterocycles. The van der Waals surface area contributed by atoms with Crippen molar-refractivity contribution in [3.05, 3.63) is 66.1 Å². The number of nitrogens with zero attached hydrogens (tertiary/aromatic N) is 2. The van der Waals surface area contributed by atoms with Gasteiger partial charge in [-0.1, -0.05) is 24.3 Å². The molecular weight excluding hydrogens is 262 g/mol. The lowest BCUT2D eigenvalue weighted by atomic mass is 10.1. The first-order valence-electron chi connectivity index (χ1n) is 7.04. The monoisotopic (exact) mass is 277 g/mol. The number of benzene rings is 1. The van der Waals surface area contributed by atoms with Gasteiger partial charge in [0.05, 0.1) is 17.7 Å². The van der Waals surface area contributed by atoms with Gasteiger partial charge in [0.25, 0.3) is 0 Å². The summed E-state index contributed by atoms with van der Waals surface area (Å²) in [5.41, 5.74) is 4.22. The minimum Gasteiger partial charge on any atom is -0.390 e. The lowest BCUT2D eigenvalue weighted by Crippen LogP contribution is -2.21. The number of aliphatic hydroxyl groups is 1.